The van der Waals surface area contributed by atoms with Gasteiger partial charge >= 0.3 is 0 Å². The van der Waals surface area contributed by atoms with Gasteiger partial charge in [-0.3, -0.25) is 9.59 Å². The molecule has 7 heteroatoms. The second-order valence-electron chi connectivity index (χ2n) is 6.93. The summed E-state index contributed by atoms with van der Waals surface area (Å²) in [4.78, 5) is 30.5. The number of carbonyl (C=O) groups excluding carboxylic acids is 2. The summed E-state index contributed by atoms with van der Waals surface area (Å²) in [6.07, 6.45) is 0.135. The summed E-state index contributed by atoms with van der Waals surface area (Å²) in [5.74, 6) is 1.01. The van der Waals surface area contributed by atoms with Crippen LogP contribution < -0.4 is 15.5 Å². The minimum absolute atomic E-state index is 0.0199. The van der Waals surface area contributed by atoms with Crippen molar-refractivity contribution >= 4 is 23.2 Å². The number of anilines is 2. The van der Waals surface area contributed by atoms with Gasteiger partial charge in [0.15, 0.2) is 0 Å². The molecule has 4 rings (SSSR count). The average Bonchev–Trinajstić information content (AvgIpc) is 3.09. The van der Waals surface area contributed by atoms with Crippen LogP contribution in [0, 0.1) is 6.92 Å². The van der Waals surface area contributed by atoms with Crippen LogP contribution in [0.1, 0.15) is 11.5 Å². The molecule has 3 aromatic rings. The Morgan fingerprint density at radius 1 is 1.17 bits per heavy atom. The number of nitrogens with one attached hydrogen (secondary N) is 2. The molecule has 2 N–H and O–H groups in total. The van der Waals surface area contributed by atoms with E-state index < -0.39 is 0 Å². The lowest BCUT2D eigenvalue weighted by atomic mass is 10.2. The summed E-state index contributed by atoms with van der Waals surface area (Å²) >= 11 is 0. The Hall–Kier alpha value is -3.61. The maximum atomic E-state index is 12.5. The third-order valence-electron chi connectivity index (χ3n) is 4.80. The normalized spacial score (nSPS) is 13.8. The molecule has 2 amide bonds. The molecule has 2 heterocycles. The van der Waals surface area contributed by atoms with Crippen LogP contribution >= 0.6 is 0 Å². The van der Waals surface area contributed by atoms with Gasteiger partial charge in [-0.05, 0) is 43.3 Å². The summed E-state index contributed by atoms with van der Waals surface area (Å²) in [5.41, 5.74) is 3.16. The molecule has 1 saturated heterocycles. The van der Waals surface area contributed by atoms with Crippen molar-refractivity contribution in [2.24, 2.45) is 0 Å². The molecular formula is C22H22N4O3. The van der Waals surface area contributed by atoms with Crippen molar-refractivity contribution in [1.29, 1.82) is 0 Å². The van der Waals surface area contributed by atoms with Gasteiger partial charge in [0, 0.05) is 30.0 Å². The minimum Gasteiger partial charge on any atom is -0.441 e. The third-order valence-corrected chi connectivity index (χ3v) is 4.80. The van der Waals surface area contributed by atoms with E-state index in [0.717, 1.165) is 17.8 Å². The first-order valence-electron chi connectivity index (χ1n) is 9.52. The molecule has 1 aromatic heterocycles. The molecule has 0 radical (unpaired) electrons. The van der Waals surface area contributed by atoms with Crippen LogP contribution in [-0.4, -0.2) is 36.4 Å². The monoisotopic (exact) mass is 390 g/mol. The number of carbonyl (C=O) groups is 2. The maximum Gasteiger partial charge on any atom is 0.239 e. The number of amides is 2. The molecule has 148 valence electrons. The van der Waals surface area contributed by atoms with E-state index in [1.807, 2.05) is 66.4 Å². The van der Waals surface area contributed by atoms with Crippen molar-refractivity contribution in [3.05, 3.63) is 66.1 Å². The quantitative estimate of drug-likeness (QED) is 0.700. The van der Waals surface area contributed by atoms with Gasteiger partial charge in [0.2, 0.25) is 17.7 Å². The third kappa shape index (κ3) is 4.45. The lowest BCUT2D eigenvalue weighted by Gasteiger charge is -2.28. The van der Waals surface area contributed by atoms with E-state index >= 15 is 0 Å². The first-order chi connectivity index (χ1) is 14.1. The van der Waals surface area contributed by atoms with Gasteiger partial charge in [-0.1, -0.05) is 18.2 Å². The Bertz CT molecular complexity index is 1010. The number of benzene rings is 2. The van der Waals surface area contributed by atoms with E-state index in [1.165, 1.54) is 0 Å². The topological polar surface area (TPSA) is 87.5 Å². The molecule has 1 fully saturated rings. The zero-order valence-corrected chi connectivity index (χ0v) is 16.1. The largest absolute Gasteiger partial charge is 0.441 e. The highest BCUT2D eigenvalue weighted by Crippen LogP contribution is 2.22. The number of piperazine rings is 1. The Labute approximate surface area is 168 Å². The predicted octanol–water partition coefficient (Wildman–Crippen LogP) is 2.77. The summed E-state index contributed by atoms with van der Waals surface area (Å²) in [6.45, 7) is 3.57. The van der Waals surface area contributed by atoms with Gasteiger partial charge in [-0.25, -0.2) is 4.98 Å². The zero-order chi connectivity index (χ0) is 20.2. The van der Waals surface area contributed by atoms with E-state index in [2.05, 4.69) is 15.6 Å². The Balaban J connectivity index is 1.39. The van der Waals surface area contributed by atoms with E-state index in [0.29, 0.717) is 36.1 Å². The van der Waals surface area contributed by atoms with Gasteiger partial charge in [0.05, 0.1) is 18.7 Å². The molecule has 2 aromatic carbocycles. The number of nitrogens with zero attached hydrogens (tertiary/aromatic N) is 2. The second-order valence-corrected chi connectivity index (χ2v) is 6.93. The van der Waals surface area contributed by atoms with Crippen LogP contribution in [0.15, 0.2) is 59.0 Å². The highest BCUT2D eigenvalue weighted by atomic mass is 16.4. The standard InChI is InChI=1S/C22H22N4O3/c1-15-19(25-22(29-15)16-5-3-2-4-6-16)13-20(27)24-17-7-9-18(10-8-17)26-12-11-23-21(28)14-26/h2-10H,11-14H2,1H3,(H,23,28)(H,24,27). The van der Waals surface area contributed by atoms with Crippen LogP contribution in [0.2, 0.25) is 0 Å². The van der Waals surface area contributed by atoms with E-state index in [-0.39, 0.29) is 18.2 Å². The average molecular weight is 390 g/mol. The lowest BCUT2D eigenvalue weighted by molar-refractivity contribution is -0.120. The van der Waals surface area contributed by atoms with Gasteiger partial charge in [0.25, 0.3) is 0 Å². The van der Waals surface area contributed by atoms with E-state index in [1.54, 1.807) is 0 Å². The molecule has 0 bridgehead atoms. The SMILES string of the molecule is Cc1oc(-c2ccccc2)nc1CC(=O)Nc1ccc(N2CCNC(=O)C2)cc1. The van der Waals surface area contributed by atoms with Crippen LogP contribution in [0.5, 0.6) is 0 Å². The Morgan fingerprint density at radius 2 is 1.93 bits per heavy atom. The van der Waals surface area contributed by atoms with Crippen LogP contribution in [-0.2, 0) is 16.0 Å². The second kappa shape index (κ2) is 8.18. The number of hydrogen-bond donors (Lipinski definition) is 2. The number of rotatable bonds is 5. The molecule has 0 saturated carbocycles. The van der Waals surface area contributed by atoms with Crippen molar-refractivity contribution < 1.29 is 14.0 Å². The summed E-state index contributed by atoms with van der Waals surface area (Å²) < 4.78 is 5.71. The van der Waals surface area contributed by atoms with E-state index in [4.69, 9.17) is 4.42 Å². The smallest absolute Gasteiger partial charge is 0.239 e. The predicted molar refractivity (Wildman–Crippen MR) is 111 cm³/mol. The number of oxazole rings is 1. The fraction of sp³-hybridized carbons (Fsp3) is 0.227. The van der Waals surface area contributed by atoms with Crippen molar-refractivity contribution in [3.8, 4) is 11.5 Å². The van der Waals surface area contributed by atoms with Gasteiger partial charge in [-0.15, -0.1) is 0 Å². The van der Waals surface area contributed by atoms with Crippen LogP contribution in [0.4, 0.5) is 11.4 Å². The van der Waals surface area contributed by atoms with Crippen LogP contribution in [0.3, 0.4) is 0 Å². The molecule has 7 nitrogen and oxygen atoms in total. The molecule has 29 heavy (non-hydrogen) atoms. The van der Waals surface area contributed by atoms with Crippen molar-refractivity contribution in [2.45, 2.75) is 13.3 Å². The summed E-state index contributed by atoms with van der Waals surface area (Å²) in [5, 5.41) is 5.69. The summed E-state index contributed by atoms with van der Waals surface area (Å²) in [7, 11) is 0. The first-order valence-corrected chi connectivity index (χ1v) is 9.52. The molecular weight excluding hydrogens is 368 g/mol. The lowest BCUT2D eigenvalue weighted by Crippen LogP contribution is -2.47. The molecule has 0 spiro atoms. The number of aryl methyl sites for hydroxylation is 1. The zero-order valence-electron chi connectivity index (χ0n) is 16.1. The first kappa shape index (κ1) is 18.7. The van der Waals surface area contributed by atoms with Gasteiger partial charge < -0.3 is 20.0 Å². The van der Waals surface area contributed by atoms with Gasteiger partial charge in [0.1, 0.15) is 5.76 Å². The molecule has 0 unspecified atom stereocenters. The van der Waals surface area contributed by atoms with Crippen LogP contribution in [0.25, 0.3) is 11.5 Å². The minimum atomic E-state index is -0.161. The Morgan fingerprint density at radius 3 is 2.66 bits per heavy atom. The summed E-state index contributed by atoms with van der Waals surface area (Å²) in [6, 6.07) is 17.1. The van der Waals surface area contributed by atoms with Crippen molar-refractivity contribution in [1.82, 2.24) is 10.3 Å². The highest BCUT2D eigenvalue weighted by Gasteiger charge is 2.17. The fourth-order valence-electron chi connectivity index (χ4n) is 3.27. The van der Waals surface area contributed by atoms with E-state index in [9.17, 15) is 9.59 Å². The Kier molecular flexibility index (Phi) is 5.29. The number of hydrogen-bond acceptors (Lipinski definition) is 5. The highest BCUT2D eigenvalue weighted by molar-refractivity contribution is 5.92. The molecule has 1 aliphatic rings. The van der Waals surface area contributed by atoms with Gasteiger partial charge in [-0.2, -0.15) is 0 Å². The fourth-order valence-corrected chi connectivity index (χ4v) is 3.27. The van der Waals surface area contributed by atoms with Crippen molar-refractivity contribution in [3.63, 3.8) is 0 Å². The molecule has 1 aliphatic heterocycles. The number of aromatic nitrogens is 1. The molecule has 0 atom stereocenters. The van der Waals surface area contributed by atoms with Crippen molar-refractivity contribution in [2.75, 3.05) is 29.9 Å². The maximum absolute atomic E-state index is 12.5. The molecule has 0 aliphatic carbocycles.